The lowest BCUT2D eigenvalue weighted by atomic mass is 10.1. The Hall–Kier alpha value is -2.28. The molecule has 144 valence electrons. The number of nitrogens with one attached hydrogen (secondary N) is 1. The summed E-state index contributed by atoms with van der Waals surface area (Å²) in [4.78, 5) is 29.9. The van der Waals surface area contributed by atoms with Crippen molar-refractivity contribution in [2.45, 2.75) is 44.8 Å². The molecule has 27 heavy (non-hydrogen) atoms. The number of imidazole rings is 1. The highest BCUT2D eigenvalue weighted by atomic mass is 32.2. The maximum atomic E-state index is 12.3. The van der Waals surface area contributed by atoms with Crippen LogP contribution in [0, 0.1) is 13.8 Å². The van der Waals surface area contributed by atoms with Crippen molar-refractivity contribution in [1.29, 1.82) is 0 Å². The van der Waals surface area contributed by atoms with E-state index in [4.69, 9.17) is 0 Å². The number of benzene rings is 1. The van der Waals surface area contributed by atoms with E-state index in [2.05, 4.69) is 42.3 Å². The van der Waals surface area contributed by atoms with Crippen LogP contribution in [0.2, 0.25) is 0 Å². The molecular weight excluding hydrogens is 360 g/mol. The molecule has 1 fully saturated rings. The summed E-state index contributed by atoms with van der Waals surface area (Å²) in [6.07, 6.45) is 5.31. The fourth-order valence-electron chi connectivity index (χ4n) is 3.42. The molecule has 3 rings (SSSR count). The number of amides is 2. The van der Waals surface area contributed by atoms with Gasteiger partial charge in [-0.1, -0.05) is 17.8 Å². The van der Waals surface area contributed by atoms with Gasteiger partial charge in [-0.3, -0.25) is 14.2 Å². The van der Waals surface area contributed by atoms with Gasteiger partial charge in [-0.25, -0.2) is 4.98 Å². The summed E-state index contributed by atoms with van der Waals surface area (Å²) < 4.78 is 2.02. The van der Waals surface area contributed by atoms with Crippen molar-refractivity contribution < 1.29 is 9.59 Å². The lowest BCUT2D eigenvalue weighted by Crippen LogP contribution is -2.46. The summed E-state index contributed by atoms with van der Waals surface area (Å²) in [5.41, 5.74) is 3.46. The fraction of sp³-hybridized carbons (Fsp3) is 0.450. The van der Waals surface area contributed by atoms with Gasteiger partial charge in [0.25, 0.3) is 0 Å². The summed E-state index contributed by atoms with van der Waals surface area (Å²) in [6, 6.07) is 6.51. The van der Waals surface area contributed by atoms with Gasteiger partial charge in [0.1, 0.15) is 0 Å². The van der Waals surface area contributed by atoms with Crippen molar-refractivity contribution >= 4 is 23.6 Å². The Morgan fingerprint density at radius 1 is 1.19 bits per heavy atom. The second-order valence-electron chi connectivity index (χ2n) is 7.06. The minimum atomic E-state index is 0.0104. The molecule has 2 heterocycles. The number of hydrogen-bond acceptors (Lipinski definition) is 4. The van der Waals surface area contributed by atoms with E-state index in [0.29, 0.717) is 18.8 Å². The second kappa shape index (κ2) is 8.61. The standard InChI is InChI=1S/C20H26N4O2S/c1-14-10-15(2)12-18(11-14)24-9-6-21-20(24)27-13-19(26)22-17-4-7-23(8-5-17)16(3)25/h6,9-12,17H,4-5,7-8,13H2,1-3H3,(H,22,26). The van der Waals surface area contributed by atoms with Crippen LogP contribution >= 0.6 is 11.8 Å². The number of aromatic nitrogens is 2. The number of piperidine rings is 1. The number of hydrogen-bond donors (Lipinski definition) is 1. The molecule has 1 N–H and O–H groups in total. The number of carbonyl (C=O) groups is 2. The zero-order valence-corrected chi connectivity index (χ0v) is 16.9. The molecule has 1 aromatic carbocycles. The normalized spacial score (nSPS) is 15.0. The van der Waals surface area contributed by atoms with Gasteiger partial charge < -0.3 is 10.2 Å². The van der Waals surface area contributed by atoms with Crippen molar-refractivity contribution in [3.05, 3.63) is 41.7 Å². The average molecular weight is 387 g/mol. The SMILES string of the molecule is CC(=O)N1CCC(NC(=O)CSc2nccn2-c2cc(C)cc(C)c2)CC1. The number of likely N-dealkylation sites (tertiary alicyclic amines) is 1. The first kappa shape index (κ1) is 19.5. The lowest BCUT2D eigenvalue weighted by molar-refractivity contribution is -0.130. The van der Waals surface area contributed by atoms with E-state index in [1.54, 1.807) is 13.1 Å². The predicted octanol–water partition coefficient (Wildman–Crippen LogP) is 2.71. The molecule has 1 aliphatic heterocycles. The summed E-state index contributed by atoms with van der Waals surface area (Å²) in [5, 5.41) is 3.89. The molecule has 2 amide bonds. The number of carbonyl (C=O) groups excluding carboxylic acids is 2. The first-order valence-electron chi connectivity index (χ1n) is 9.22. The first-order chi connectivity index (χ1) is 12.9. The lowest BCUT2D eigenvalue weighted by Gasteiger charge is -2.31. The van der Waals surface area contributed by atoms with Crippen molar-refractivity contribution in [1.82, 2.24) is 19.8 Å². The van der Waals surface area contributed by atoms with Crippen LogP contribution in [0.5, 0.6) is 0 Å². The van der Waals surface area contributed by atoms with E-state index >= 15 is 0 Å². The molecule has 1 saturated heterocycles. The van der Waals surface area contributed by atoms with Crippen LogP contribution < -0.4 is 5.32 Å². The van der Waals surface area contributed by atoms with E-state index < -0.39 is 0 Å². The molecule has 0 unspecified atom stereocenters. The molecule has 1 aromatic heterocycles. The molecule has 0 aliphatic carbocycles. The maximum absolute atomic E-state index is 12.3. The van der Waals surface area contributed by atoms with Gasteiger partial charge in [-0.15, -0.1) is 0 Å². The Labute approximate surface area is 164 Å². The minimum Gasteiger partial charge on any atom is -0.353 e. The Morgan fingerprint density at radius 2 is 1.85 bits per heavy atom. The van der Waals surface area contributed by atoms with Gasteiger partial charge in [-0.2, -0.15) is 0 Å². The minimum absolute atomic E-state index is 0.0104. The monoisotopic (exact) mass is 386 g/mol. The van der Waals surface area contributed by atoms with E-state index in [0.717, 1.165) is 23.7 Å². The summed E-state index contributed by atoms with van der Waals surface area (Å²) in [7, 11) is 0. The zero-order valence-electron chi connectivity index (χ0n) is 16.1. The van der Waals surface area contributed by atoms with Gasteiger partial charge in [0.05, 0.1) is 5.75 Å². The molecule has 2 aromatic rings. The molecule has 0 radical (unpaired) electrons. The van der Waals surface area contributed by atoms with Crippen molar-refractivity contribution in [3.8, 4) is 5.69 Å². The highest BCUT2D eigenvalue weighted by Gasteiger charge is 2.22. The molecule has 1 aliphatic rings. The van der Waals surface area contributed by atoms with E-state index in [1.807, 2.05) is 15.7 Å². The Morgan fingerprint density at radius 3 is 2.48 bits per heavy atom. The van der Waals surface area contributed by atoms with Gasteiger partial charge in [-0.05, 0) is 49.9 Å². The van der Waals surface area contributed by atoms with Crippen LogP contribution in [0.4, 0.5) is 0 Å². The van der Waals surface area contributed by atoms with Crippen LogP contribution in [0.3, 0.4) is 0 Å². The topological polar surface area (TPSA) is 67.2 Å². The van der Waals surface area contributed by atoms with Gasteiger partial charge >= 0.3 is 0 Å². The smallest absolute Gasteiger partial charge is 0.230 e. The third kappa shape index (κ3) is 5.13. The molecule has 0 bridgehead atoms. The number of thioether (sulfide) groups is 1. The quantitative estimate of drug-likeness (QED) is 0.803. The summed E-state index contributed by atoms with van der Waals surface area (Å²) in [6.45, 7) is 7.17. The average Bonchev–Trinajstić information content (AvgIpc) is 3.08. The van der Waals surface area contributed by atoms with Gasteiger partial charge in [0, 0.05) is 44.1 Å². The second-order valence-corrected chi connectivity index (χ2v) is 8.00. The number of nitrogens with zero attached hydrogens (tertiary/aromatic N) is 3. The van der Waals surface area contributed by atoms with Crippen molar-refractivity contribution in [2.75, 3.05) is 18.8 Å². The first-order valence-corrected chi connectivity index (χ1v) is 10.2. The van der Waals surface area contributed by atoms with Crippen LogP contribution in [0.15, 0.2) is 35.7 Å². The zero-order chi connectivity index (χ0) is 19.4. The molecule has 6 nitrogen and oxygen atoms in total. The molecule has 0 saturated carbocycles. The summed E-state index contributed by atoms with van der Waals surface area (Å²) in [5.74, 6) is 0.444. The van der Waals surface area contributed by atoms with Crippen LogP contribution in [0.1, 0.15) is 30.9 Å². The molecular formula is C20H26N4O2S. The number of rotatable bonds is 5. The van der Waals surface area contributed by atoms with Gasteiger partial charge in [0.2, 0.25) is 11.8 Å². The highest BCUT2D eigenvalue weighted by Crippen LogP contribution is 2.22. The maximum Gasteiger partial charge on any atom is 0.230 e. The van der Waals surface area contributed by atoms with Crippen molar-refractivity contribution in [2.24, 2.45) is 0 Å². The third-order valence-electron chi connectivity index (χ3n) is 4.73. The van der Waals surface area contributed by atoms with Crippen LogP contribution in [-0.4, -0.2) is 51.1 Å². The molecule has 0 atom stereocenters. The Balaban J connectivity index is 1.54. The van der Waals surface area contributed by atoms with Gasteiger partial charge in [0.15, 0.2) is 5.16 Å². The van der Waals surface area contributed by atoms with E-state index in [-0.39, 0.29) is 17.9 Å². The largest absolute Gasteiger partial charge is 0.353 e. The van der Waals surface area contributed by atoms with E-state index in [9.17, 15) is 9.59 Å². The molecule has 7 heteroatoms. The fourth-order valence-corrected chi connectivity index (χ4v) is 4.21. The molecule has 0 spiro atoms. The number of aryl methyl sites for hydroxylation is 2. The van der Waals surface area contributed by atoms with E-state index in [1.165, 1.54) is 22.9 Å². The Bertz CT molecular complexity index is 805. The Kier molecular flexibility index (Phi) is 6.21. The van der Waals surface area contributed by atoms with Crippen LogP contribution in [0.25, 0.3) is 5.69 Å². The highest BCUT2D eigenvalue weighted by molar-refractivity contribution is 7.99. The predicted molar refractivity (Wildman–Crippen MR) is 107 cm³/mol. The van der Waals surface area contributed by atoms with Crippen LogP contribution in [-0.2, 0) is 9.59 Å². The summed E-state index contributed by atoms with van der Waals surface area (Å²) >= 11 is 1.44. The third-order valence-corrected chi connectivity index (χ3v) is 5.70. The van der Waals surface area contributed by atoms with Crippen molar-refractivity contribution in [3.63, 3.8) is 0 Å².